The fraction of sp³-hybridized carbons (Fsp3) is 0.556. The van der Waals surface area contributed by atoms with E-state index < -0.39 is 0 Å². The van der Waals surface area contributed by atoms with E-state index in [4.69, 9.17) is 0 Å². The average molecular weight is 388 g/mol. The second-order valence-corrected chi connectivity index (χ2v) is 9.36. The Balaban J connectivity index is 1.47. The molecule has 6 nitrogen and oxygen atoms in total. The number of aromatic nitrogens is 4. The minimum absolute atomic E-state index is 0.195. The Morgan fingerprint density at radius 2 is 2.19 bits per heavy atom. The molecule has 0 radical (unpaired) electrons. The van der Waals surface area contributed by atoms with Gasteiger partial charge >= 0.3 is 0 Å². The lowest BCUT2D eigenvalue weighted by Crippen LogP contribution is -2.29. The van der Waals surface area contributed by atoms with Crippen LogP contribution in [0.3, 0.4) is 0 Å². The van der Waals surface area contributed by atoms with Crippen LogP contribution in [-0.2, 0) is 17.6 Å². The molecule has 0 saturated carbocycles. The number of thioether (sulfide) groups is 1. The first-order valence-electron chi connectivity index (χ1n) is 9.25. The van der Waals surface area contributed by atoms with Crippen LogP contribution in [0.1, 0.15) is 36.6 Å². The van der Waals surface area contributed by atoms with Crippen LogP contribution < -0.4 is 0 Å². The van der Waals surface area contributed by atoms with Crippen LogP contribution in [0.4, 0.5) is 0 Å². The number of likely N-dealkylation sites (tertiary alicyclic amines) is 1. The van der Waals surface area contributed by atoms with E-state index in [9.17, 15) is 4.79 Å². The summed E-state index contributed by atoms with van der Waals surface area (Å²) in [5.74, 6) is 1.35. The summed E-state index contributed by atoms with van der Waals surface area (Å²) in [6.07, 6.45) is 7.51. The number of fused-ring (bicyclic) bond motifs is 5. The maximum Gasteiger partial charge on any atom is 0.233 e. The van der Waals surface area contributed by atoms with Gasteiger partial charge in [-0.3, -0.25) is 9.20 Å². The van der Waals surface area contributed by atoms with Crippen LogP contribution in [0.15, 0.2) is 11.5 Å². The average Bonchev–Trinajstić information content (AvgIpc) is 3.36. The molecule has 0 unspecified atom stereocenters. The Morgan fingerprint density at radius 1 is 1.35 bits per heavy atom. The predicted octanol–water partition coefficient (Wildman–Crippen LogP) is 3.18. The SMILES string of the molecule is C[C@@H]1CCc2c(sc3ncn4c(SCC(=O)N5CCCC5)nnc4c23)C1. The van der Waals surface area contributed by atoms with Gasteiger partial charge in [0.2, 0.25) is 5.91 Å². The number of carbonyl (C=O) groups excluding carboxylic acids is 1. The summed E-state index contributed by atoms with van der Waals surface area (Å²) in [5.41, 5.74) is 2.30. The number of rotatable bonds is 3. The van der Waals surface area contributed by atoms with Crippen molar-refractivity contribution in [2.24, 2.45) is 5.92 Å². The fourth-order valence-corrected chi connectivity index (χ4v) is 6.15. The van der Waals surface area contributed by atoms with Gasteiger partial charge in [0.05, 0.1) is 11.1 Å². The summed E-state index contributed by atoms with van der Waals surface area (Å²) >= 11 is 3.26. The molecular formula is C18H21N5OS2. The maximum atomic E-state index is 12.3. The minimum atomic E-state index is 0.195. The third-order valence-electron chi connectivity index (χ3n) is 5.46. The van der Waals surface area contributed by atoms with Gasteiger partial charge < -0.3 is 4.90 Å². The second kappa shape index (κ2) is 6.49. The summed E-state index contributed by atoms with van der Waals surface area (Å²) in [5, 5.41) is 10.7. The van der Waals surface area contributed by atoms with E-state index >= 15 is 0 Å². The molecule has 2 aliphatic rings. The van der Waals surface area contributed by atoms with E-state index in [1.807, 2.05) is 15.6 Å². The summed E-state index contributed by atoms with van der Waals surface area (Å²) in [6, 6.07) is 0. The maximum absolute atomic E-state index is 12.3. The van der Waals surface area contributed by atoms with E-state index in [1.54, 1.807) is 11.3 Å². The molecule has 1 atom stereocenters. The van der Waals surface area contributed by atoms with Crippen LogP contribution in [0.25, 0.3) is 15.9 Å². The molecule has 5 rings (SSSR count). The zero-order valence-electron chi connectivity index (χ0n) is 14.8. The van der Waals surface area contributed by atoms with Gasteiger partial charge in [-0.05, 0) is 43.6 Å². The van der Waals surface area contributed by atoms with Gasteiger partial charge in [0.25, 0.3) is 0 Å². The first-order chi connectivity index (χ1) is 12.7. The highest BCUT2D eigenvalue weighted by Crippen LogP contribution is 2.39. The van der Waals surface area contributed by atoms with Crippen molar-refractivity contribution in [2.75, 3.05) is 18.8 Å². The van der Waals surface area contributed by atoms with Crippen LogP contribution in [0, 0.1) is 5.92 Å². The van der Waals surface area contributed by atoms with E-state index in [1.165, 1.54) is 34.0 Å². The van der Waals surface area contributed by atoms with Crippen molar-refractivity contribution in [3.8, 4) is 0 Å². The Labute approximate surface area is 160 Å². The Hall–Kier alpha value is -1.67. The molecule has 0 spiro atoms. The lowest BCUT2D eigenvalue weighted by molar-refractivity contribution is -0.127. The van der Waals surface area contributed by atoms with Crippen molar-refractivity contribution in [3.63, 3.8) is 0 Å². The van der Waals surface area contributed by atoms with Gasteiger partial charge in [0.1, 0.15) is 11.2 Å². The summed E-state index contributed by atoms with van der Waals surface area (Å²) in [7, 11) is 0. The molecule has 0 N–H and O–H groups in total. The van der Waals surface area contributed by atoms with E-state index in [2.05, 4.69) is 22.1 Å². The Bertz CT molecular complexity index is 988. The third-order valence-corrected chi connectivity index (χ3v) is 7.55. The highest BCUT2D eigenvalue weighted by atomic mass is 32.2. The summed E-state index contributed by atoms with van der Waals surface area (Å²) in [6.45, 7) is 4.10. The zero-order valence-corrected chi connectivity index (χ0v) is 16.4. The number of hydrogen-bond acceptors (Lipinski definition) is 6. The lowest BCUT2D eigenvalue weighted by atomic mass is 9.89. The van der Waals surface area contributed by atoms with Crippen molar-refractivity contribution in [3.05, 3.63) is 16.8 Å². The van der Waals surface area contributed by atoms with E-state index in [-0.39, 0.29) is 5.91 Å². The fourth-order valence-electron chi connectivity index (χ4n) is 4.00. The molecule has 8 heteroatoms. The first kappa shape index (κ1) is 16.5. The van der Waals surface area contributed by atoms with Gasteiger partial charge in [0, 0.05) is 18.0 Å². The largest absolute Gasteiger partial charge is 0.342 e. The highest BCUT2D eigenvalue weighted by molar-refractivity contribution is 7.99. The van der Waals surface area contributed by atoms with Crippen molar-refractivity contribution in [1.29, 1.82) is 0 Å². The molecule has 1 saturated heterocycles. The smallest absolute Gasteiger partial charge is 0.233 e. The van der Waals surface area contributed by atoms with Gasteiger partial charge in [-0.2, -0.15) is 0 Å². The monoisotopic (exact) mass is 387 g/mol. The molecule has 26 heavy (non-hydrogen) atoms. The number of aryl methyl sites for hydroxylation is 1. The number of nitrogens with zero attached hydrogens (tertiary/aromatic N) is 5. The Morgan fingerprint density at radius 3 is 3.04 bits per heavy atom. The molecule has 0 bridgehead atoms. The number of amides is 1. The van der Waals surface area contributed by atoms with Gasteiger partial charge in [0.15, 0.2) is 10.8 Å². The molecule has 1 amide bonds. The summed E-state index contributed by atoms with van der Waals surface area (Å²) in [4.78, 5) is 21.4. The van der Waals surface area contributed by atoms with E-state index in [0.717, 1.165) is 60.3 Å². The van der Waals surface area contributed by atoms with Gasteiger partial charge in [-0.1, -0.05) is 18.7 Å². The van der Waals surface area contributed by atoms with Crippen molar-refractivity contribution < 1.29 is 4.79 Å². The molecular weight excluding hydrogens is 366 g/mol. The van der Waals surface area contributed by atoms with Crippen LogP contribution >= 0.6 is 23.1 Å². The van der Waals surface area contributed by atoms with Crippen molar-refractivity contribution in [2.45, 2.75) is 44.2 Å². The normalized spacial score (nSPS) is 20.2. The van der Waals surface area contributed by atoms with Crippen molar-refractivity contribution in [1.82, 2.24) is 24.5 Å². The molecule has 1 aliphatic heterocycles. The topological polar surface area (TPSA) is 63.4 Å². The molecule has 0 aromatic carbocycles. The minimum Gasteiger partial charge on any atom is -0.342 e. The standard InChI is InChI=1S/C18H21N5OS2/c1-11-4-5-12-13(8-11)26-17-15(12)16-20-21-18(23(16)10-19-17)25-9-14(24)22-6-2-3-7-22/h10-11H,2-9H2,1H3/t11-/m1/s1. The molecule has 1 fully saturated rings. The number of carbonyl (C=O) groups is 1. The number of hydrogen-bond donors (Lipinski definition) is 0. The van der Waals surface area contributed by atoms with Crippen molar-refractivity contribution >= 4 is 44.9 Å². The molecule has 3 aromatic heterocycles. The summed E-state index contributed by atoms with van der Waals surface area (Å²) < 4.78 is 1.95. The first-order valence-corrected chi connectivity index (χ1v) is 11.1. The third kappa shape index (κ3) is 2.70. The van der Waals surface area contributed by atoms with E-state index in [0.29, 0.717) is 5.75 Å². The Kier molecular flexibility index (Phi) is 4.12. The second-order valence-electron chi connectivity index (χ2n) is 7.33. The predicted molar refractivity (Wildman–Crippen MR) is 104 cm³/mol. The van der Waals surface area contributed by atoms with Crippen LogP contribution in [0.2, 0.25) is 0 Å². The zero-order chi connectivity index (χ0) is 17.7. The lowest BCUT2D eigenvalue weighted by Gasteiger charge is -2.17. The molecule has 1 aliphatic carbocycles. The molecule has 3 aromatic rings. The van der Waals surface area contributed by atoms with Crippen LogP contribution in [0.5, 0.6) is 0 Å². The van der Waals surface area contributed by atoms with Gasteiger partial charge in [-0.25, -0.2) is 4.98 Å². The van der Waals surface area contributed by atoms with Crippen LogP contribution in [-0.4, -0.2) is 49.2 Å². The number of thiophene rings is 1. The molecule has 4 heterocycles. The highest BCUT2D eigenvalue weighted by Gasteiger charge is 2.24. The van der Waals surface area contributed by atoms with Gasteiger partial charge in [-0.15, -0.1) is 21.5 Å². The molecule has 136 valence electrons. The quantitative estimate of drug-likeness (QED) is 0.646.